The number of alkyl halides is 1. The van der Waals surface area contributed by atoms with Gasteiger partial charge < -0.3 is 4.42 Å². The van der Waals surface area contributed by atoms with Crippen LogP contribution >= 0.6 is 31.9 Å². The van der Waals surface area contributed by atoms with E-state index in [-0.39, 0.29) is 4.83 Å². The maximum absolute atomic E-state index is 5.66. The lowest BCUT2D eigenvalue weighted by atomic mass is 10.1. The molecule has 1 aromatic heterocycles. The van der Waals surface area contributed by atoms with Crippen molar-refractivity contribution in [3.05, 3.63) is 34.1 Å². The number of aryl methyl sites for hydroxylation is 1. The van der Waals surface area contributed by atoms with Crippen molar-refractivity contribution in [2.75, 3.05) is 0 Å². The van der Waals surface area contributed by atoms with Crippen LogP contribution in [0.4, 0.5) is 0 Å². The number of rotatable bonds is 3. The lowest BCUT2D eigenvalue weighted by molar-refractivity contribution is 0.500. The average Bonchev–Trinajstić information content (AvgIpc) is 2.77. The van der Waals surface area contributed by atoms with Gasteiger partial charge in [-0.1, -0.05) is 38.8 Å². The van der Waals surface area contributed by atoms with Crippen molar-refractivity contribution >= 4 is 31.9 Å². The zero-order chi connectivity index (χ0) is 12.4. The molecule has 1 unspecified atom stereocenters. The van der Waals surface area contributed by atoms with Crippen molar-refractivity contribution < 1.29 is 4.42 Å². The third-order valence-corrected chi connectivity index (χ3v) is 4.02. The van der Waals surface area contributed by atoms with Gasteiger partial charge in [0.25, 0.3) is 0 Å². The molecule has 1 atom stereocenters. The first kappa shape index (κ1) is 12.8. The maximum Gasteiger partial charge on any atom is 0.248 e. The van der Waals surface area contributed by atoms with E-state index in [1.165, 1.54) is 0 Å². The third-order valence-electron chi connectivity index (χ3n) is 2.49. The van der Waals surface area contributed by atoms with E-state index in [4.69, 9.17) is 4.42 Å². The topological polar surface area (TPSA) is 38.9 Å². The summed E-state index contributed by atoms with van der Waals surface area (Å²) >= 11 is 6.93. The molecular weight excluding hydrogens is 348 g/mol. The molecule has 3 nitrogen and oxygen atoms in total. The quantitative estimate of drug-likeness (QED) is 0.748. The highest BCUT2D eigenvalue weighted by Gasteiger charge is 2.15. The Labute approximate surface area is 117 Å². The van der Waals surface area contributed by atoms with E-state index in [9.17, 15) is 0 Å². The fourth-order valence-corrected chi connectivity index (χ4v) is 2.17. The highest BCUT2D eigenvalue weighted by atomic mass is 79.9. The summed E-state index contributed by atoms with van der Waals surface area (Å²) in [4.78, 5) is 0.125. The van der Waals surface area contributed by atoms with Crippen molar-refractivity contribution in [3.63, 3.8) is 0 Å². The molecular formula is C12H12Br2N2O. The predicted octanol–water partition coefficient (Wildman–Crippen LogP) is 4.65. The van der Waals surface area contributed by atoms with Gasteiger partial charge in [0.2, 0.25) is 11.8 Å². The minimum atomic E-state index is 0.125. The standard InChI is InChI=1S/C12H12Br2N2O/c1-3-10(14)12-16-15-11(17-12)9-5-4-8(13)6-7(9)2/h4-6,10H,3H2,1-2H3. The van der Waals surface area contributed by atoms with E-state index in [1.807, 2.05) is 25.1 Å². The Morgan fingerprint density at radius 1 is 1.35 bits per heavy atom. The van der Waals surface area contributed by atoms with Crippen molar-refractivity contribution in [1.82, 2.24) is 10.2 Å². The summed E-state index contributed by atoms with van der Waals surface area (Å²) in [6.07, 6.45) is 0.918. The monoisotopic (exact) mass is 358 g/mol. The number of aromatic nitrogens is 2. The van der Waals surface area contributed by atoms with Gasteiger partial charge in [0, 0.05) is 10.0 Å². The first-order chi connectivity index (χ1) is 8.11. The molecule has 0 spiro atoms. The van der Waals surface area contributed by atoms with E-state index < -0.39 is 0 Å². The molecule has 17 heavy (non-hydrogen) atoms. The summed E-state index contributed by atoms with van der Waals surface area (Å²) < 4.78 is 6.71. The van der Waals surface area contributed by atoms with Gasteiger partial charge in [-0.2, -0.15) is 0 Å². The van der Waals surface area contributed by atoms with Crippen LogP contribution in [0.2, 0.25) is 0 Å². The Morgan fingerprint density at radius 2 is 2.12 bits per heavy atom. The second-order valence-corrected chi connectivity index (χ2v) is 5.80. The van der Waals surface area contributed by atoms with Crippen molar-refractivity contribution in [1.29, 1.82) is 0 Å². The maximum atomic E-state index is 5.66. The Morgan fingerprint density at radius 3 is 2.76 bits per heavy atom. The third kappa shape index (κ3) is 2.77. The largest absolute Gasteiger partial charge is 0.419 e. The summed E-state index contributed by atoms with van der Waals surface area (Å²) in [6, 6.07) is 5.98. The van der Waals surface area contributed by atoms with Crippen molar-refractivity contribution in [2.45, 2.75) is 25.1 Å². The zero-order valence-corrected chi connectivity index (χ0v) is 12.7. The SMILES string of the molecule is CCC(Br)c1nnc(-c2ccc(Br)cc2C)o1. The van der Waals surface area contributed by atoms with Crippen LogP contribution < -0.4 is 0 Å². The van der Waals surface area contributed by atoms with Gasteiger partial charge in [-0.15, -0.1) is 10.2 Å². The molecule has 0 radical (unpaired) electrons. The average molecular weight is 360 g/mol. The molecule has 90 valence electrons. The molecule has 2 aromatic rings. The lowest BCUT2D eigenvalue weighted by Gasteiger charge is -2.01. The molecule has 0 fully saturated rings. The molecule has 0 bridgehead atoms. The van der Waals surface area contributed by atoms with Crippen LogP contribution in [0, 0.1) is 6.92 Å². The molecule has 0 aliphatic rings. The van der Waals surface area contributed by atoms with Crippen LogP contribution in [0.15, 0.2) is 27.1 Å². The van der Waals surface area contributed by atoms with Crippen LogP contribution in [0.3, 0.4) is 0 Å². The first-order valence-corrected chi connectivity index (χ1v) is 7.06. The number of benzene rings is 1. The molecule has 1 heterocycles. The minimum absolute atomic E-state index is 0.125. The summed E-state index contributed by atoms with van der Waals surface area (Å²) in [6.45, 7) is 4.09. The van der Waals surface area contributed by atoms with Crippen LogP contribution in [-0.2, 0) is 0 Å². The molecule has 2 rings (SSSR count). The molecule has 5 heteroatoms. The molecule has 0 N–H and O–H groups in total. The number of halogens is 2. The Kier molecular flexibility index (Phi) is 3.99. The highest BCUT2D eigenvalue weighted by molar-refractivity contribution is 9.10. The highest BCUT2D eigenvalue weighted by Crippen LogP contribution is 2.29. The fraction of sp³-hybridized carbons (Fsp3) is 0.333. The smallest absolute Gasteiger partial charge is 0.248 e. The second kappa shape index (κ2) is 5.31. The molecule has 0 saturated carbocycles. The summed E-state index contributed by atoms with van der Waals surface area (Å²) in [7, 11) is 0. The van der Waals surface area contributed by atoms with E-state index in [1.54, 1.807) is 0 Å². The molecule has 0 aliphatic heterocycles. The predicted molar refractivity (Wildman–Crippen MR) is 74.1 cm³/mol. The summed E-state index contributed by atoms with van der Waals surface area (Å²) in [5.41, 5.74) is 2.08. The van der Waals surface area contributed by atoms with Gasteiger partial charge in [-0.3, -0.25) is 0 Å². The van der Waals surface area contributed by atoms with Crippen LogP contribution in [0.5, 0.6) is 0 Å². The van der Waals surface area contributed by atoms with Crippen molar-refractivity contribution in [2.24, 2.45) is 0 Å². The fourth-order valence-electron chi connectivity index (χ4n) is 1.51. The number of hydrogen-bond acceptors (Lipinski definition) is 3. The number of hydrogen-bond donors (Lipinski definition) is 0. The lowest BCUT2D eigenvalue weighted by Crippen LogP contribution is -1.86. The van der Waals surface area contributed by atoms with Crippen LogP contribution in [0.25, 0.3) is 11.5 Å². The molecule has 0 aliphatic carbocycles. The summed E-state index contributed by atoms with van der Waals surface area (Å²) in [5, 5.41) is 8.14. The van der Waals surface area contributed by atoms with E-state index in [2.05, 4.69) is 49.0 Å². The van der Waals surface area contributed by atoms with Gasteiger partial charge in [-0.05, 0) is 37.1 Å². The van der Waals surface area contributed by atoms with E-state index >= 15 is 0 Å². The first-order valence-electron chi connectivity index (χ1n) is 5.35. The van der Waals surface area contributed by atoms with E-state index in [0.29, 0.717) is 11.8 Å². The second-order valence-electron chi connectivity index (χ2n) is 3.78. The van der Waals surface area contributed by atoms with Gasteiger partial charge in [0.1, 0.15) is 0 Å². The normalized spacial score (nSPS) is 12.7. The van der Waals surface area contributed by atoms with Crippen LogP contribution in [-0.4, -0.2) is 10.2 Å². The Hall–Kier alpha value is -0.680. The van der Waals surface area contributed by atoms with E-state index in [0.717, 1.165) is 22.0 Å². The molecule has 1 aromatic carbocycles. The minimum Gasteiger partial charge on any atom is -0.419 e. The number of nitrogens with zero attached hydrogens (tertiary/aromatic N) is 2. The molecule has 0 amide bonds. The zero-order valence-electron chi connectivity index (χ0n) is 9.58. The molecule has 0 saturated heterocycles. The van der Waals surface area contributed by atoms with Gasteiger partial charge in [0.05, 0.1) is 4.83 Å². The van der Waals surface area contributed by atoms with Gasteiger partial charge in [-0.25, -0.2) is 0 Å². The Bertz CT molecular complexity index is 525. The Balaban J connectivity index is 2.37. The van der Waals surface area contributed by atoms with Crippen molar-refractivity contribution in [3.8, 4) is 11.5 Å². The van der Waals surface area contributed by atoms with Gasteiger partial charge >= 0.3 is 0 Å². The van der Waals surface area contributed by atoms with Crippen LogP contribution in [0.1, 0.15) is 29.6 Å². The summed E-state index contributed by atoms with van der Waals surface area (Å²) in [5.74, 6) is 1.20. The van der Waals surface area contributed by atoms with Gasteiger partial charge in [0.15, 0.2) is 0 Å².